The average molecular weight is 224 g/mol. The standard InChI is InChI=1S/C11H16N2O3/c1-4-13-8-6-10(16-3)9(15-2)5-7(8)11(12)14/h5-6,13H,4H2,1-3H3,(H2,12,14). The van der Waals surface area contributed by atoms with Gasteiger partial charge in [0.15, 0.2) is 11.5 Å². The number of amides is 1. The van der Waals surface area contributed by atoms with E-state index in [1.54, 1.807) is 12.1 Å². The summed E-state index contributed by atoms with van der Waals surface area (Å²) in [6.45, 7) is 2.62. The summed E-state index contributed by atoms with van der Waals surface area (Å²) in [4.78, 5) is 11.3. The number of ether oxygens (including phenoxy) is 2. The molecule has 0 atom stereocenters. The predicted molar refractivity (Wildman–Crippen MR) is 62.2 cm³/mol. The summed E-state index contributed by atoms with van der Waals surface area (Å²) in [6, 6.07) is 3.27. The predicted octanol–water partition coefficient (Wildman–Crippen LogP) is 1.23. The van der Waals surface area contributed by atoms with E-state index in [1.165, 1.54) is 14.2 Å². The Kier molecular flexibility index (Phi) is 3.99. The Labute approximate surface area is 94.5 Å². The van der Waals surface area contributed by atoms with Gasteiger partial charge in [0.1, 0.15) is 0 Å². The summed E-state index contributed by atoms with van der Waals surface area (Å²) in [6.07, 6.45) is 0. The molecule has 0 aliphatic carbocycles. The van der Waals surface area contributed by atoms with Crippen LogP contribution in [0.25, 0.3) is 0 Å². The van der Waals surface area contributed by atoms with Gasteiger partial charge in [-0.05, 0) is 13.0 Å². The number of hydrogen-bond donors (Lipinski definition) is 2. The van der Waals surface area contributed by atoms with Gasteiger partial charge in [0.05, 0.1) is 25.5 Å². The van der Waals surface area contributed by atoms with Gasteiger partial charge in [-0.2, -0.15) is 0 Å². The van der Waals surface area contributed by atoms with Crippen LogP contribution >= 0.6 is 0 Å². The molecular weight excluding hydrogens is 208 g/mol. The minimum absolute atomic E-state index is 0.388. The lowest BCUT2D eigenvalue weighted by atomic mass is 10.1. The molecule has 0 heterocycles. The van der Waals surface area contributed by atoms with Crippen molar-refractivity contribution in [1.29, 1.82) is 0 Å². The highest BCUT2D eigenvalue weighted by atomic mass is 16.5. The van der Waals surface area contributed by atoms with Crippen LogP contribution in [0.3, 0.4) is 0 Å². The minimum Gasteiger partial charge on any atom is -0.493 e. The lowest BCUT2D eigenvalue weighted by Gasteiger charge is -2.13. The number of nitrogens with two attached hydrogens (primary N) is 1. The minimum atomic E-state index is -0.503. The maximum atomic E-state index is 11.3. The van der Waals surface area contributed by atoms with Crippen molar-refractivity contribution in [3.8, 4) is 11.5 Å². The Balaban J connectivity index is 3.29. The largest absolute Gasteiger partial charge is 0.493 e. The smallest absolute Gasteiger partial charge is 0.250 e. The SMILES string of the molecule is CCNc1cc(OC)c(OC)cc1C(N)=O. The maximum Gasteiger partial charge on any atom is 0.250 e. The molecule has 5 nitrogen and oxygen atoms in total. The highest BCUT2D eigenvalue weighted by Gasteiger charge is 2.14. The first-order valence-electron chi connectivity index (χ1n) is 4.93. The number of hydrogen-bond acceptors (Lipinski definition) is 4. The Morgan fingerprint density at radius 1 is 1.31 bits per heavy atom. The Morgan fingerprint density at radius 2 is 1.88 bits per heavy atom. The van der Waals surface area contributed by atoms with E-state index < -0.39 is 5.91 Å². The first kappa shape index (κ1) is 12.2. The van der Waals surface area contributed by atoms with Gasteiger partial charge in [-0.1, -0.05) is 0 Å². The molecule has 1 aromatic carbocycles. The molecule has 1 aromatic rings. The van der Waals surface area contributed by atoms with Crippen molar-refractivity contribution in [2.24, 2.45) is 5.73 Å². The maximum absolute atomic E-state index is 11.3. The van der Waals surface area contributed by atoms with E-state index in [2.05, 4.69) is 5.32 Å². The van der Waals surface area contributed by atoms with Crippen molar-refractivity contribution >= 4 is 11.6 Å². The molecule has 0 aliphatic rings. The summed E-state index contributed by atoms with van der Waals surface area (Å²) in [7, 11) is 3.05. The van der Waals surface area contributed by atoms with E-state index in [1.807, 2.05) is 6.92 Å². The molecule has 0 radical (unpaired) electrons. The van der Waals surface area contributed by atoms with E-state index in [0.717, 1.165) is 0 Å². The van der Waals surface area contributed by atoms with Gasteiger partial charge in [-0.15, -0.1) is 0 Å². The number of anilines is 1. The van der Waals surface area contributed by atoms with Gasteiger partial charge < -0.3 is 20.5 Å². The van der Waals surface area contributed by atoms with Crippen molar-refractivity contribution in [3.63, 3.8) is 0 Å². The van der Waals surface area contributed by atoms with Crippen LogP contribution in [0.2, 0.25) is 0 Å². The van der Waals surface area contributed by atoms with Crippen LogP contribution < -0.4 is 20.5 Å². The third-order valence-corrected chi connectivity index (χ3v) is 2.16. The first-order chi connectivity index (χ1) is 7.63. The van der Waals surface area contributed by atoms with Gasteiger partial charge in [0.25, 0.3) is 5.91 Å². The summed E-state index contributed by atoms with van der Waals surface area (Å²) >= 11 is 0. The first-order valence-corrected chi connectivity index (χ1v) is 4.93. The number of carbonyl (C=O) groups is 1. The number of rotatable bonds is 5. The van der Waals surface area contributed by atoms with Gasteiger partial charge in [0.2, 0.25) is 0 Å². The van der Waals surface area contributed by atoms with Crippen molar-refractivity contribution in [1.82, 2.24) is 0 Å². The van der Waals surface area contributed by atoms with Crippen LogP contribution in [0.5, 0.6) is 11.5 Å². The molecule has 1 amide bonds. The average Bonchev–Trinajstić information content (AvgIpc) is 2.28. The second kappa shape index (κ2) is 5.25. The molecule has 0 unspecified atom stereocenters. The zero-order valence-corrected chi connectivity index (χ0v) is 9.66. The van der Waals surface area contributed by atoms with E-state index in [-0.39, 0.29) is 0 Å². The zero-order valence-electron chi connectivity index (χ0n) is 9.66. The molecular formula is C11H16N2O3. The summed E-state index contributed by atoms with van der Waals surface area (Å²) in [5.74, 6) is 0.540. The van der Waals surface area contributed by atoms with E-state index in [4.69, 9.17) is 15.2 Å². The third-order valence-electron chi connectivity index (χ3n) is 2.16. The lowest BCUT2D eigenvalue weighted by molar-refractivity contribution is 0.100. The fourth-order valence-electron chi connectivity index (χ4n) is 1.42. The molecule has 16 heavy (non-hydrogen) atoms. The molecule has 0 aromatic heterocycles. The van der Waals surface area contributed by atoms with Gasteiger partial charge in [0, 0.05) is 12.6 Å². The van der Waals surface area contributed by atoms with Crippen LogP contribution in [0.4, 0.5) is 5.69 Å². The highest BCUT2D eigenvalue weighted by molar-refractivity contribution is 5.99. The van der Waals surface area contributed by atoms with Gasteiger partial charge >= 0.3 is 0 Å². The molecule has 3 N–H and O–H groups in total. The van der Waals surface area contributed by atoms with Crippen LogP contribution in [-0.4, -0.2) is 26.7 Å². The van der Waals surface area contributed by atoms with Crippen LogP contribution in [0, 0.1) is 0 Å². The van der Waals surface area contributed by atoms with Crippen molar-refractivity contribution in [2.75, 3.05) is 26.1 Å². The van der Waals surface area contributed by atoms with E-state index in [9.17, 15) is 4.79 Å². The van der Waals surface area contributed by atoms with Gasteiger partial charge in [-0.3, -0.25) is 4.79 Å². The quantitative estimate of drug-likeness (QED) is 0.789. The van der Waals surface area contributed by atoms with Crippen molar-refractivity contribution < 1.29 is 14.3 Å². The fourth-order valence-corrected chi connectivity index (χ4v) is 1.42. The monoisotopic (exact) mass is 224 g/mol. The normalized spacial score (nSPS) is 9.69. The Bertz CT molecular complexity index is 391. The number of benzene rings is 1. The molecule has 0 saturated heterocycles. The van der Waals surface area contributed by atoms with E-state index in [0.29, 0.717) is 29.3 Å². The van der Waals surface area contributed by atoms with Crippen molar-refractivity contribution in [3.05, 3.63) is 17.7 Å². The van der Waals surface area contributed by atoms with Gasteiger partial charge in [-0.25, -0.2) is 0 Å². The molecule has 0 saturated carbocycles. The number of methoxy groups -OCH3 is 2. The Morgan fingerprint density at radius 3 is 2.31 bits per heavy atom. The lowest BCUT2D eigenvalue weighted by Crippen LogP contribution is -2.15. The Hall–Kier alpha value is -1.91. The zero-order chi connectivity index (χ0) is 12.1. The third kappa shape index (κ3) is 2.36. The fraction of sp³-hybridized carbons (Fsp3) is 0.364. The van der Waals surface area contributed by atoms with E-state index >= 15 is 0 Å². The second-order valence-corrected chi connectivity index (χ2v) is 3.15. The summed E-state index contributed by atoms with van der Waals surface area (Å²) < 4.78 is 10.2. The number of primary amides is 1. The van der Waals surface area contributed by atoms with Crippen molar-refractivity contribution in [2.45, 2.75) is 6.92 Å². The topological polar surface area (TPSA) is 73.6 Å². The molecule has 1 rings (SSSR count). The van der Waals surface area contributed by atoms with Crippen LogP contribution in [0.1, 0.15) is 17.3 Å². The molecule has 0 aliphatic heterocycles. The molecule has 0 spiro atoms. The summed E-state index contributed by atoms with van der Waals surface area (Å²) in [5, 5.41) is 3.05. The van der Waals surface area contributed by atoms with Crippen LogP contribution in [-0.2, 0) is 0 Å². The second-order valence-electron chi connectivity index (χ2n) is 3.15. The molecule has 88 valence electrons. The number of nitrogens with one attached hydrogen (secondary N) is 1. The molecule has 5 heteroatoms. The summed E-state index contributed by atoms with van der Waals surface area (Å²) in [5.41, 5.74) is 6.32. The molecule has 0 fully saturated rings. The molecule has 0 bridgehead atoms. The number of carbonyl (C=O) groups excluding carboxylic acids is 1. The highest BCUT2D eigenvalue weighted by Crippen LogP contribution is 2.33. The van der Waals surface area contributed by atoms with Crippen LogP contribution in [0.15, 0.2) is 12.1 Å².